The third-order valence-corrected chi connectivity index (χ3v) is 6.56. The number of Topliss-reactive ketones (excluding diaryl/α,β-unsaturated/α-hetero) is 1. The summed E-state index contributed by atoms with van der Waals surface area (Å²) in [6.07, 6.45) is 2.50. The van der Waals surface area contributed by atoms with Crippen LogP contribution in [0.25, 0.3) is 11.0 Å². The first-order valence-electron chi connectivity index (χ1n) is 10.2. The Kier molecular flexibility index (Phi) is 8.32. The molecule has 0 aliphatic rings. The lowest BCUT2D eigenvalue weighted by atomic mass is 9.98. The Morgan fingerprint density at radius 1 is 1.06 bits per heavy atom. The number of carbonyl (C=O) groups is 3. The van der Waals surface area contributed by atoms with E-state index in [-0.39, 0.29) is 36.1 Å². The number of rotatable bonds is 9. The number of carbonyl (C=O) groups excluding carboxylic acids is 3. The number of esters is 1. The van der Waals surface area contributed by atoms with Crippen molar-refractivity contribution in [2.45, 2.75) is 46.0 Å². The van der Waals surface area contributed by atoms with Gasteiger partial charge < -0.3 is 19.1 Å². The number of fused-ring (bicyclic) bond motifs is 1. The lowest BCUT2D eigenvalue weighted by Gasteiger charge is -2.07. The van der Waals surface area contributed by atoms with Crippen LogP contribution in [0.2, 0.25) is 0 Å². The molecule has 2 aromatic carbocycles. The van der Waals surface area contributed by atoms with Gasteiger partial charge >= 0.3 is 5.97 Å². The minimum atomic E-state index is -0.320. The monoisotopic (exact) mass is 660 g/mol. The Morgan fingerprint density at radius 3 is 2.38 bits per heavy atom. The van der Waals surface area contributed by atoms with Crippen molar-refractivity contribution in [1.29, 1.82) is 0 Å². The molecule has 0 unspecified atom stereocenters. The fourth-order valence-corrected chi connectivity index (χ4v) is 5.02. The van der Waals surface area contributed by atoms with Gasteiger partial charge in [-0.15, -0.1) is 0 Å². The van der Waals surface area contributed by atoms with Crippen molar-refractivity contribution in [3.05, 3.63) is 54.4 Å². The molecule has 0 atom stereocenters. The first kappa shape index (κ1) is 24.7. The number of furan rings is 1. The molecule has 0 aliphatic heterocycles. The Bertz CT molecular complexity index is 1170. The van der Waals surface area contributed by atoms with Crippen LogP contribution in [0.1, 0.15) is 61.2 Å². The number of phenols is 1. The average molecular weight is 660 g/mol. The van der Waals surface area contributed by atoms with E-state index in [0.29, 0.717) is 47.2 Å². The third-order valence-electron chi connectivity index (χ3n) is 4.91. The van der Waals surface area contributed by atoms with Gasteiger partial charge in [-0.3, -0.25) is 9.59 Å². The van der Waals surface area contributed by atoms with Gasteiger partial charge in [-0.2, -0.15) is 0 Å². The van der Waals surface area contributed by atoms with Gasteiger partial charge in [0.1, 0.15) is 28.6 Å². The van der Waals surface area contributed by atoms with E-state index >= 15 is 0 Å². The molecule has 1 N–H and O–H groups in total. The van der Waals surface area contributed by atoms with Gasteiger partial charge in [-0.1, -0.05) is 13.3 Å². The minimum Gasteiger partial charge on any atom is -0.506 e. The van der Waals surface area contributed by atoms with Crippen LogP contribution in [0.5, 0.6) is 11.5 Å². The highest BCUT2D eigenvalue weighted by Crippen LogP contribution is 2.34. The van der Waals surface area contributed by atoms with Crippen molar-refractivity contribution in [1.82, 2.24) is 0 Å². The van der Waals surface area contributed by atoms with Crippen molar-refractivity contribution in [3.8, 4) is 11.5 Å². The van der Waals surface area contributed by atoms with Gasteiger partial charge in [0.25, 0.3) is 0 Å². The number of halogens is 2. The van der Waals surface area contributed by atoms with Gasteiger partial charge in [-0.25, -0.2) is 0 Å². The summed E-state index contributed by atoms with van der Waals surface area (Å²) in [4.78, 5) is 37.0. The zero-order valence-corrected chi connectivity index (χ0v) is 22.0. The first-order valence-corrected chi connectivity index (χ1v) is 12.3. The zero-order chi connectivity index (χ0) is 23.4. The van der Waals surface area contributed by atoms with Gasteiger partial charge in [0.2, 0.25) is 0 Å². The second-order valence-electron chi connectivity index (χ2n) is 7.46. The zero-order valence-electron chi connectivity index (χ0n) is 17.7. The summed E-state index contributed by atoms with van der Waals surface area (Å²) in [6.45, 7) is 3.49. The molecule has 0 aliphatic carbocycles. The van der Waals surface area contributed by atoms with Gasteiger partial charge in [0.05, 0.1) is 12.7 Å². The van der Waals surface area contributed by atoms with Crippen LogP contribution < -0.4 is 4.74 Å². The van der Waals surface area contributed by atoms with E-state index in [1.54, 1.807) is 30.3 Å². The lowest BCUT2D eigenvalue weighted by molar-refractivity contribution is -0.134. The van der Waals surface area contributed by atoms with Gasteiger partial charge in [0.15, 0.2) is 5.78 Å². The SMILES string of the molecule is CCCCC(=O)Oc1ccc2c(C(=O)c3cc(I)c(O)c(I)c3)c(CCC(C)=O)oc2c1. The molecule has 8 heteroatoms. The number of unbranched alkanes of at least 4 members (excludes halogenated alkanes) is 1. The molecule has 1 heterocycles. The maximum atomic E-state index is 13.5. The van der Waals surface area contributed by atoms with Crippen molar-refractivity contribution in [2.75, 3.05) is 0 Å². The second kappa shape index (κ2) is 10.8. The normalized spacial score (nSPS) is 11.0. The maximum absolute atomic E-state index is 13.5. The van der Waals surface area contributed by atoms with E-state index in [1.165, 1.54) is 6.92 Å². The Balaban J connectivity index is 2.04. The van der Waals surface area contributed by atoms with E-state index in [1.807, 2.05) is 52.1 Å². The number of benzene rings is 2. The Morgan fingerprint density at radius 2 is 1.75 bits per heavy atom. The summed E-state index contributed by atoms with van der Waals surface area (Å²) >= 11 is 3.96. The molecule has 1 aromatic heterocycles. The molecule has 0 radical (unpaired) electrons. The Labute approximate surface area is 213 Å². The van der Waals surface area contributed by atoms with E-state index in [2.05, 4.69) is 0 Å². The fraction of sp³-hybridized carbons (Fsp3) is 0.292. The topological polar surface area (TPSA) is 93.8 Å². The smallest absolute Gasteiger partial charge is 0.311 e. The van der Waals surface area contributed by atoms with Crippen molar-refractivity contribution in [2.24, 2.45) is 0 Å². The fourth-order valence-electron chi connectivity index (χ4n) is 3.25. The average Bonchev–Trinajstić information content (AvgIpc) is 3.11. The maximum Gasteiger partial charge on any atom is 0.311 e. The number of hydrogen-bond donors (Lipinski definition) is 1. The van der Waals surface area contributed by atoms with E-state index in [0.717, 1.165) is 12.8 Å². The highest BCUT2D eigenvalue weighted by Gasteiger charge is 2.24. The summed E-state index contributed by atoms with van der Waals surface area (Å²) in [5.41, 5.74) is 1.21. The molecule has 6 nitrogen and oxygen atoms in total. The van der Waals surface area contributed by atoms with Crippen molar-refractivity contribution in [3.63, 3.8) is 0 Å². The Hall–Kier alpha value is -1.95. The summed E-state index contributed by atoms with van der Waals surface area (Å²) < 4.78 is 12.5. The minimum absolute atomic E-state index is 0.0110. The largest absolute Gasteiger partial charge is 0.506 e. The van der Waals surface area contributed by atoms with Crippen LogP contribution in [0, 0.1) is 7.14 Å². The molecule has 3 aromatic rings. The van der Waals surface area contributed by atoms with Crippen LogP contribution in [-0.2, 0) is 16.0 Å². The highest BCUT2D eigenvalue weighted by atomic mass is 127. The van der Waals surface area contributed by atoms with Crippen LogP contribution in [-0.4, -0.2) is 22.6 Å². The molecule has 3 rings (SSSR count). The molecule has 0 spiro atoms. The lowest BCUT2D eigenvalue weighted by Crippen LogP contribution is -2.07. The predicted molar refractivity (Wildman–Crippen MR) is 137 cm³/mol. The standard InChI is InChI=1S/C24H22I2O6/c1-3-4-5-21(28)31-15-7-8-16-20(12-15)32-19(9-6-13(2)27)22(16)23(29)14-10-17(25)24(30)18(26)11-14/h7-8,10-12,30H,3-6,9H2,1-2H3. The number of aromatic hydroxyl groups is 1. The van der Waals surface area contributed by atoms with Crippen molar-refractivity contribution >= 4 is 73.7 Å². The van der Waals surface area contributed by atoms with Crippen LogP contribution in [0.3, 0.4) is 0 Å². The van der Waals surface area contributed by atoms with Crippen LogP contribution >= 0.6 is 45.2 Å². The molecular weight excluding hydrogens is 638 g/mol. The van der Waals surface area contributed by atoms with E-state index in [9.17, 15) is 19.5 Å². The molecule has 0 fully saturated rings. The third kappa shape index (κ3) is 5.69. The van der Waals surface area contributed by atoms with Gasteiger partial charge in [-0.05, 0) is 82.8 Å². The number of aryl methyl sites for hydroxylation is 1. The molecule has 32 heavy (non-hydrogen) atoms. The van der Waals surface area contributed by atoms with Crippen LogP contribution in [0.15, 0.2) is 34.7 Å². The number of phenolic OH excluding ortho intramolecular Hbond substituents is 1. The number of ketones is 2. The highest BCUT2D eigenvalue weighted by molar-refractivity contribution is 14.1. The van der Waals surface area contributed by atoms with E-state index < -0.39 is 0 Å². The van der Waals surface area contributed by atoms with Gasteiger partial charge in [0, 0.05) is 36.3 Å². The van der Waals surface area contributed by atoms with Crippen molar-refractivity contribution < 1.29 is 28.6 Å². The van der Waals surface area contributed by atoms with Crippen LogP contribution in [0.4, 0.5) is 0 Å². The van der Waals surface area contributed by atoms with E-state index in [4.69, 9.17) is 9.15 Å². The molecule has 0 bridgehead atoms. The summed E-state index contributed by atoms with van der Waals surface area (Å²) in [7, 11) is 0. The summed E-state index contributed by atoms with van der Waals surface area (Å²) in [6, 6.07) is 8.17. The molecular formula is C24H22I2O6. The predicted octanol–water partition coefficient (Wildman–Crippen LogP) is 6.20. The molecule has 168 valence electrons. The number of hydrogen-bond acceptors (Lipinski definition) is 6. The quantitative estimate of drug-likeness (QED) is 0.127. The molecule has 0 saturated carbocycles. The number of ether oxygens (including phenoxy) is 1. The first-order chi connectivity index (χ1) is 15.2. The summed E-state index contributed by atoms with van der Waals surface area (Å²) in [5, 5.41) is 10.6. The second-order valence-corrected chi connectivity index (χ2v) is 9.78. The molecule has 0 saturated heterocycles. The summed E-state index contributed by atoms with van der Waals surface area (Å²) in [5.74, 6) is 0.296. The molecule has 0 amide bonds.